The SMILES string of the molecule is Cc1ccc(-n2c(=S)[nH]c3ccc(Cl)cc32)cc1Br. The van der Waals surface area contributed by atoms with Crippen molar-refractivity contribution in [3.05, 3.63) is 56.2 Å². The molecule has 5 heteroatoms. The normalized spacial score (nSPS) is 11.1. The zero-order chi connectivity index (χ0) is 13.6. The molecule has 0 spiro atoms. The molecule has 0 bridgehead atoms. The number of halogens is 2. The molecule has 0 atom stereocenters. The Labute approximate surface area is 129 Å². The number of aryl methyl sites for hydroxylation is 1. The van der Waals surface area contributed by atoms with Gasteiger partial charge in [0, 0.05) is 15.2 Å². The van der Waals surface area contributed by atoms with Crippen molar-refractivity contribution in [2.45, 2.75) is 6.92 Å². The zero-order valence-corrected chi connectivity index (χ0v) is 13.2. The monoisotopic (exact) mass is 352 g/mol. The molecule has 0 amide bonds. The van der Waals surface area contributed by atoms with Crippen molar-refractivity contribution in [1.82, 2.24) is 9.55 Å². The van der Waals surface area contributed by atoms with Gasteiger partial charge < -0.3 is 4.98 Å². The van der Waals surface area contributed by atoms with Crippen LogP contribution in [0, 0.1) is 11.7 Å². The highest BCUT2D eigenvalue weighted by Gasteiger charge is 2.08. The molecule has 0 radical (unpaired) electrons. The summed E-state index contributed by atoms with van der Waals surface area (Å²) < 4.78 is 3.71. The Morgan fingerprint density at radius 1 is 1.21 bits per heavy atom. The molecular formula is C14H10BrClN2S. The van der Waals surface area contributed by atoms with Gasteiger partial charge in [-0.3, -0.25) is 4.57 Å². The lowest BCUT2D eigenvalue weighted by Gasteiger charge is -2.07. The molecule has 0 aliphatic rings. The minimum absolute atomic E-state index is 0.660. The Balaban J connectivity index is 2.35. The first-order chi connectivity index (χ1) is 9.06. The van der Waals surface area contributed by atoms with Gasteiger partial charge in [0.05, 0.1) is 11.0 Å². The first kappa shape index (κ1) is 12.9. The Hall–Kier alpha value is -1.10. The van der Waals surface area contributed by atoms with E-state index in [1.165, 1.54) is 5.56 Å². The molecule has 0 unspecified atom stereocenters. The Kier molecular flexibility index (Phi) is 3.25. The number of aromatic nitrogens is 2. The van der Waals surface area contributed by atoms with Crippen molar-refractivity contribution in [3.8, 4) is 5.69 Å². The van der Waals surface area contributed by atoms with Crippen molar-refractivity contribution in [1.29, 1.82) is 0 Å². The van der Waals surface area contributed by atoms with Crippen LogP contribution in [0.5, 0.6) is 0 Å². The molecule has 19 heavy (non-hydrogen) atoms. The fourth-order valence-electron chi connectivity index (χ4n) is 2.05. The van der Waals surface area contributed by atoms with E-state index in [1.54, 1.807) is 0 Å². The summed E-state index contributed by atoms with van der Waals surface area (Å²) in [6, 6.07) is 11.9. The fourth-order valence-corrected chi connectivity index (χ4v) is 2.90. The van der Waals surface area contributed by atoms with Gasteiger partial charge in [0.2, 0.25) is 0 Å². The van der Waals surface area contributed by atoms with E-state index in [1.807, 2.05) is 28.8 Å². The second-order valence-corrected chi connectivity index (χ2v) is 6.04. The van der Waals surface area contributed by atoms with E-state index in [0.717, 1.165) is 21.2 Å². The number of imidazole rings is 1. The van der Waals surface area contributed by atoms with Crippen molar-refractivity contribution in [2.24, 2.45) is 0 Å². The van der Waals surface area contributed by atoms with Crippen LogP contribution < -0.4 is 0 Å². The van der Waals surface area contributed by atoms with Gasteiger partial charge in [-0.15, -0.1) is 0 Å². The summed E-state index contributed by atoms with van der Waals surface area (Å²) >= 11 is 15.0. The Morgan fingerprint density at radius 2 is 2.00 bits per heavy atom. The van der Waals surface area contributed by atoms with Gasteiger partial charge in [-0.25, -0.2) is 0 Å². The third-order valence-corrected chi connectivity index (χ3v) is 4.43. The van der Waals surface area contributed by atoms with Gasteiger partial charge in [-0.1, -0.05) is 33.6 Å². The molecule has 1 heterocycles. The predicted octanol–water partition coefficient (Wildman–Crippen LogP) is 5.41. The number of aromatic amines is 1. The highest BCUT2D eigenvalue weighted by Crippen LogP contribution is 2.25. The molecule has 0 saturated heterocycles. The van der Waals surface area contributed by atoms with Gasteiger partial charge in [-0.05, 0) is 55.0 Å². The third kappa shape index (κ3) is 2.24. The van der Waals surface area contributed by atoms with E-state index >= 15 is 0 Å². The van der Waals surface area contributed by atoms with Gasteiger partial charge in [-0.2, -0.15) is 0 Å². The first-order valence-electron chi connectivity index (χ1n) is 5.73. The molecule has 0 aliphatic heterocycles. The van der Waals surface area contributed by atoms with Gasteiger partial charge in [0.25, 0.3) is 0 Å². The van der Waals surface area contributed by atoms with E-state index in [2.05, 4.69) is 40.0 Å². The van der Waals surface area contributed by atoms with Crippen molar-refractivity contribution >= 4 is 50.8 Å². The minimum atomic E-state index is 0.660. The lowest BCUT2D eigenvalue weighted by Crippen LogP contribution is -1.94. The maximum Gasteiger partial charge on any atom is 0.182 e. The van der Waals surface area contributed by atoms with Crippen LogP contribution in [-0.4, -0.2) is 9.55 Å². The summed E-state index contributed by atoms with van der Waals surface area (Å²) in [7, 11) is 0. The fraction of sp³-hybridized carbons (Fsp3) is 0.0714. The highest BCUT2D eigenvalue weighted by atomic mass is 79.9. The van der Waals surface area contributed by atoms with Crippen LogP contribution in [0.1, 0.15) is 5.56 Å². The van der Waals surface area contributed by atoms with Crippen molar-refractivity contribution in [2.75, 3.05) is 0 Å². The van der Waals surface area contributed by atoms with Crippen molar-refractivity contribution in [3.63, 3.8) is 0 Å². The molecule has 1 N–H and O–H groups in total. The van der Waals surface area contributed by atoms with Crippen LogP contribution in [0.3, 0.4) is 0 Å². The summed E-state index contributed by atoms with van der Waals surface area (Å²) in [6.07, 6.45) is 0. The maximum absolute atomic E-state index is 6.07. The number of H-pyrrole nitrogens is 1. The van der Waals surface area contributed by atoms with E-state index < -0.39 is 0 Å². The summed E-state index contributed by atoms with van der Waals surface area (Å²) in [4.78, 5) is 3.19. The third-order valence-electron chi connectivity index (χ3n) is 3.06. The molecule has 1 aromatic heterocycles. The summed E-state index contributed by atoms with van der Waals surface area (Å²) in [5, 5.41) is 0.696. The number of nitrogens with zero attached hydrogens (tertiary/aromatic N) is 1. The quantitative estimate of drug-likeness (QED) is 0.580. The molecule has 96 valence electrons. The zero-order valence-electron chi connectivity index (χ0n) is 10.1. The van der Waals surface area contributed by atoms with E-state index in [0.29, 0.717) is 9.79 Å². The van der Waals surface area contributed by atoms with Crippen LogP contribution in [0.2, 0.25) is 5.02 Å². The molecule has 3 rings (SSSR count). The molecule has 0 aliphatic carbocycles. The van der Waals surface area contributed by atoms with Crippen molar-refractivity contribution < 1.29 is 0 Å². The second-order valence-electron chi connectivity index (χ2n) is 4.36. The topological polar surface area (TPSA) is 20.7 Å². The molecule has 0 fully saturated rings. The lowest BCUT2D eigenvalue weighted by atomic mass is 10.2. The number of hydrogen-bond acceptors (Lipinski definition) is 1. The van der Waals surface area contributed by atoms with E-state index in [9.17, 15) is 0 Å². The van der Waals surface area contributed by atoms with Crippen LogP contribution in [-0.2, 0) is 0 Å². The van der Waals surface area contributed by atoms with Crippen LogP contribution in [0.25, 0.3) is 16.7 Å². The van der Waals surface area contributed by atoms with Crippen LogP contribution in [0.15, 0.2) is 40.9 Å². The molecular weight excluding hydrogens is 344 g/mol. The maximum atomic E-state index is 6.07. The molecule has 2 nitrogen and oxygen atoms in total. The van der Waals surface area contributed by atoms with Gasteiger partial charge in [0.15, 0.2) is 4.77 Å². The van der Waals surface area contributed by atoms with E-state index in [4.69, 9.17) is 23.8 Å². The standard InChI is InChI=1S/C14H10BrClN2S/c1-8-2-4-10(7-11(8)15)18-13-6-9(16)3-5-12(13)17-14(18)19/h2-7H,1H3,(H,17,19). The summed E-state index contributed by atoms with van der Waals surface area (Å²) in [5.41, 5.74) is 4.16. The number of rotatable bonds is 1. The number of fused-ring (bicyclic) bond motifs is 1. The largest absolute Gasteiger partial charge is 0.330 e. The average Bonchev–Trinajstić information content (AvgIpc) is 2.68. The summed E-state index contributed by atoms with van der Waals surface area (Å²) in [5.74, 6) is 0. The Morgan fingerprint density at radius 3 is 2.74 bits per heavy atom. The van der Waals surface area contributed by atoms with Gasteiger partial charge >= 0.3 is 0 Å². The predicted molar refractivity (Wildman–Crippen MR) is 85.9 cm³/mol. The van der Waals surface area contributed by atoms with Crippen LogP contribution >= 0.6 is 39.7 Å². The van der Waals surface area contributed by atoms with E-state index in [-0.39, 0.29) is 0 Å². The number of benzene rings is 2. The second kappa shape index (κ2) is 4.78. The average molecular weight is 354 g/mol. The number of nitrogens with one attached hydrogen (secondary N) is 1. The summed E-state index contributed by atoms with van der Waals surface area (Å²) in [6.45, 7) is 2.05. The van der Waals surface area contributed by atoms with Crippen LogP contribution in [0.4, 0.5) is 0 Å². The molecule has 0 saturated carbocycles. The minimum Gasteiger partial charge on any atom is -0.330 e. The highest BCUT2D eigenvalue weighted by molar-refractivity contribution is 9.10. The van der Waals surface area contributed by atoms with Gasteiger partial charge in [0.1, 0.15) is 0 Å². The number of hydrogen-bond donors (Lipinski definition) is 1. The Bertz CT molecular complexity index is 835. The smallest absolute Gasteiger partial charge is 0.182 e. The molecule has 3 aromatic rings. The molecule has 2 aromatic carbocycles. The first-order valence-corrected chi connectivity index (χ1v) is 7.31. The lowest BCUT2D eigenvalue weighted by molar-refractivity contribution is 1.06.